The van der Waals surface area contributed by atoms with Crippen LogP contribution in [0, 0.1) is 0 Å². The Kier molecular flexibility index (Phi) is 3.27. The van der Waals surface area contributed by atoms with Crippen molar-refractivity contribution in [3.05, 3.63) is 48.1 Å². The zero-order valence-corrected chi connectivity index (χ0v) is 10.4. The van der Waals surface area contributed by atoms with E-state index in [-0.39, 0.29) is 0 Å². The molecule has 0 saturated carbocycles. The topological polar surface area (TPSA) is 9.23 Å². The molecule has 0 saturated heterocycles. The fourth-order valence-electron chi connectivity index (χ4n) is 1.64. The van der Waals surface area contributed by atoms with E-state index in [2.05, 4.69) is 0 Å². The zero-order chi connectivity index (χ0) is 11.6. The molecule has 0 heterocycles. The minimum absolute atomic E-state index is 0.649. The molecule has 84 valence electrons. The SMILES string of the molecule is COc1ccc(C2=CC(Cl)(Cl)CC=C2)cc1. The van der Waals surface area contributed by atoms with Crippen molar-refractivity contribution in [1.29, 1.82) is 0 Å². The lowest BCUT2D eigenvalue weighted by molar-refractivity contribution is 0.415. The van der Waals surface area contributed by atoms with Gasteiger partial charge in [0, 0.05) is 6.42 Å². The van der Waals surface area contributed by atoms with Gasteiger partial charge in [0.2, 0.25) is 0 Å². The minimum Gasteiger partial charge on any atom is -0.497 e. The third-order valence-electron chi connectivity index (χ3n) is 2.48. The highest BCUT2D eigenvalue weighted by atomic mass is 35.5. The van der Waals surface area contributed by atoms with Crippen molar-refractivity contribution in [3.63, 3.8) is 0 Å². The number of hydrogen-bond acceptors (Lipinski definition) is 1. The summed E-state index contributed by atoms with van der Waals surface area (Å²) in [5.41, 5.74) is 2.13. The van der Waals surface area contributed by atoms with Crippen LogP contribution in [-0.2, 0) is 0 Å². The summed E-state index contributed by atoms with van der Waals surface area (Å²) in [4.78, 5) is 0. The molecule has 0 unspecified atom stereocenters. The maximum Gasteiger partial charge on any atom is 0.140 e. The van der Waals surface area contributed by atoms with E-state index in [9.17, 15) is 0 Å². The van der Waals surface area contributed by atoms with Crippen LogP contribution in [0.25, 0.3) is 5.57 Å². The van der Waals surface area contributed by atoms with Gasteiger partial charge in [-0.15, -0.1) is 0 Å². The van der Waals surface area contributed by atoms with E-state index in [4.69, 9.17) is 27.9 Å². The molecule has 0 bridgehead atoms. The third-order valence-corrected chi connectivity index (χ3v) is 3.00. The van der Waals surface area contributed by atoms with Gasteiger partial charge in [-0.25, -0.2) is 0 Å². The van der Waals surface area contributed by atoms with Crippen molar-refractivity contribution in [2.24, 2.45) is 0 Å². The van der Waals surface area contributed by atoms with Crippen molar-refractivity contribution in [2.75, 3.05) is 7.11 Å². The van der Waals surface area contributed by atoms with Crippen LogP contribution in [0.15, 0.2) is 42.5 Å². The van der Waals surface area contributed by atoms with Crippen molar-refractivity contribution in [2.45, 2.75) is 10.8 Å². The molecule has 1 aliphatic rings. The summed E-state index contributed by atoms with van der Waals surface area (Å²) in [5, 5.41) is 0. The molecule has 0 atom stereocenters. The summed E-state index contributed by atoms with van der Waals surface area (Å²) < 4.78 is 4.32. The van der Waals surface area contributed by atoms with Gasteiger partial charge in [-0.1, -0.05) is 47.5 Å². The first kappa shape index (κ1) is 11.6. The fourth-order valence-corrected chi connectivity index (χ4v) is 2.05. The average molecular weight is 255 g/mol. The number of rotatable bonds is 2. The van der Waals surface area contributed by atoms with Gasteiger partial charge in [0.15, 0.2) is 0 Å². The van der Waals surface area contributed by atoms with Crippen molar-refractivity contribution in [1.82, 2.24) is 0 Å². The summed E-state index contributed by atoms with van der Waals surface area (Å²) in [7, 11) is 1.65. The number of allylic oxidation sites excluding steroid dienone is 4. The van der Waals surface area contributed by atoms with E-state index in [1.54, 1.807) is 7.11 Å². The Morgan fingerprint density at radius 3 is 2.44 bits per heavy atom. The van der Waals surface area contributed by atoms with Gasteiger partial charge in [-0.3, -0.25) is 0 Å². The lowest BCUT2D eigenvalue weighted by Crippen LogP contribution is -2.10. The van der Waals surface area contributed by atoms with E-state index < -0.39 is 4.33 Å². The minimum atomic E-state index is -0.788. The van der Waals surface area contributed by atoms with Crippen molar-refractivity contribution >= 4 is 28.8 Å². The molecule has 1 aromatic rings. The van der Waals surface area contributed by atoms with Crippen LogP contribution in [0.1, 0.15) is 12.0 Å². The second kappa shape index (κ2) is 4.52. The van der Waals surface area contributed by atoms with Gasteiger partial charge in [-0.05, 0) is 29.3 Å². The number of methoxy groups -OCH3 is 1. The highest BCUT2D eigenvalue weighted by Crippen LogP contribution is 2.35. The van der Waals surface area contributed by atoms with E-state index in [1.807, 2.05) is 42.5 Å². The molecule has 0 spiro atoms. The van der Waals surface area contributed by atoms with E-state index in [0.29, 0.717) is 6.42 Å². The predicted molar refractivity (Wildman–Crippen MR) is 69.2 cm³/mol. The molecule has 0 N–H and O–H groups in total. The van der Waals surface area contributed by atoms with Gasteiger partial charge in [-0.2, -0.15) is 0 Å². The number of ether oxygens (including phenoxy) is 1. The monoisotopic (exact) mass is 254 g/mol. The van der Waals surface area contributed by atoms with Gasteiger partial charge >= 0.3 is 0 Å². The molecule has 1 nitrogen and oxygen atoms in total. The first-order chi connectivity index (χ1) is 7.61. The second-order valence-electron chi connectivity index (χ2n) is 3.70. The molecular formula is C13H12Cl2O. The highest BCUT2D eigenvalue weighted by Gasteiger charge is 2.22. The third kappa shape index (κ3) is 2.60. The first-order valence-corrected chi connectivity index (χ1v) is 5.78. The van der Waals surface area contributed by atoms with Crippen LogP contribution in [0.2, 0.25) is 0 Å². The largest absolute Gasteiger partial charge is 0.497 e. The number of hydrogen-bond donors (Lipinski definition) is 0. The van der Waals surface area contributed by atoms with Gasteiger partial charge < -0.3 is 4.74 Å². The molecule has 0 aromatic heterocycles. The Bertz CT molecular complexity index is 430. The maximum absolute atomic E-state index is 6.09. The van der Waals surface area contributed by atoms with Gasteiger partial charge in [0.25, 0.3) is 0 Å². The number of alkyl halides is 2. The van der Waals surface area contributed by atoms with E-state index in [0.717, 1.165) is 16.9 Å². The van der Waals surface area contributed by atoms with Gasteiger partial charge in [0.05, 0.1) is 7.11 Å². The van der Waals surface area contributed by atoms with E-state index in [1.165, 1.54) is 0 Å². The van der Waals surface area contributed by atoms with Crippen molar-refractivity contribution in [3.8, 4) is 5.75 Å². The number of halogens is 2. The number of benzene rings is 1. The molecule has 0 amide bonds. The summed E-state index contributed by atoms with van der Waals surface area (Å²) in [6.07, 6.45) is 6.54. The molecule has 1 aromatic carbocycles. The summed E-state index contributed by atoms with van der Waals surface area (Å²) in [6.45, 7) is 0. The molecule has 2 rings (SSSR count). The fraction of sp³-hybridized carbons (Fsp3) is 0.231. The predicted octanol–water partition coefficient (Wildman–Crippen LogP) is 4.21. The summed E-state index contributed by atoms with van der Waals surface area (Å²) in [6, 6.07) is 7.82. The lowest BCUT2D eigenvalue weighted by Gasteiger charge is -2.18. The summed E-state index contributed by atoms with van der Waals surface area (Å²) >= 11 is 12.2. The molecule has 0 fully saturated rings. The Morgan fingerprint density at radius 2 is 1.88 bits per heavy atom. The van der Waals surface area contributed by atoms with Crippen molar-refractivity contribution < 1.29 is 4.74 Å². The quantitative estimate of drug-likeness (QED) is 0.719. The van der Waals surface area contributed by atoms with Crippen LogP contribution in [-0.4, -0.2) is 11.4 Å². The van der Waals surface area contributed by atoms with Crippen LogP contribution in [0.4, 0.5) is 0 Å². The molecular weight excluding hydrogens is 243 g/mol. The molecule has 16 heavy (non-hydrogen) atoms. The summed E-state index contributed by atoms with van der Waals surface area (Å²) in [5.74, 6) is 0.840. The standard InChI is InChI=1S/C13H12Cl2O/c1-16-12-6-4-10(5-7-12)11-3-2-8-13(14,15)9-11/h2-7,9H,8H2,1H3. The Labute approximate surface area is 105 Å². The smallest absolute Gasteiger partial charge is 0.140 e. The molecule has 1 aliphatic carbocycles. The van der Waals surface area contributed by atoms with Crippen LogP contribution in [0.5, 0.6) is 5.75 Å². The highest BCUT2D eigenvalue weighted by molar-refractivity contribution is 6.50. The Morgan fingerprint density at radius 1 is 1.19 bits per heavy atom. The van der Waals surface area contributed by atoms with Crippen LogP contribution in [0.3, 0.4) is 0 Å². The van der Waals surface area contributed by atoms with Crippen LogP contribution >= 0.6 is 23.2 Å². The lowest BCUT2D eigenvalue weighted by atomic mass is 9.99. The molecule has 0 radical (unpaired) electrons. The van der Waals surface area contributed by atoms with Gasteiger partial charge in [0.1, 0.15) is 10.1 Å². The average Bonchev–Trinajstić information content (AvgIpc) is 2.28. The zero-order valence-electron chi connectivity index (χ0n) is 8.91. The first-order valence-electron chi connectivity index (χ1n) is 5.02. The second-order valence-corrected chi connectivity index (χ2v) is 5.24. The maximum atomic E-state index is 6.09. The normalized spacial score (nSPS) is 18.1. The Hall–Kier alpha value is -0.920. The molecule has 3 heteroatoms. The van der Waals surface area contributed by atoms with Crippen LogP contribution < -0.4 is 4.74 Å². The van der Waals surface area contributed by atoms with E-state index >= 15 is 0 Å². The Balaban J connectivity index is 2.30. The molecule has 0 aliphatic heterocycles.